The summed E-state index contributed by atoms with van der Waals surface area (Å²) >= 11 is 0. The smallest absolute Gasteiger partial charge is 0.0113 e. The van der Waals surface area contributed by atoms with E-state index in [0.717, 1.165) is 6.04 Å². The van der Waals surface area contributed by atoms with E-state index in [4.69, 9.17) is 5.73 Å². The van der Waals surface area contributed by atoms with Crippen LogP contribution in [0.15, 0.2) is 0 Å². The summed E-state index contributed by atoms with van der Waals surface area (Å²) in [7, 11) is 0. The van der Waals surface area contributed by atoms with Crippen molar-refractivity contribution in [2.24, 2.45) is 5.73 Å². The first-order valence-corrected chi connectivity index (χ1v) is 6.51. The van der Waals surface area contributed by atoms with Crippen molar-refractivity contribution in [1.82, 2.24) is 9.80 Å². The van der Waals surface area contributed by atoms with Crippen molar-refractivity contribution in [1.29, 1.82) is 0 Å². The van der Waals surface area contributed by atoms with Crippen LogP contribution in [0.4, 0.5) is 0 Å². The van der Waals surface area contributed by atoms with Gasteiger partial charge < -0.3 is 10.6 Å². The van der Waals surface area contributed by atoms with Gasteiger partial charge in [0.15, 0.2) is 0 Å². The van der Waals surface area contributed by atoms with Crippen molar-refractivity contribution in [3.05, 3.63) is 0 Å². The third kappa shape index (κ3) is 2.92. The highest BCUT2D eigenvalue weighted by Crippen LogP contribution is 2.22. The Morgan fingerprint density at radius 3 is 2.47 bits per heavy atom. The van der Waals surface area contributed by atoms with Gasteiger partial charge in [0, 0.05) is 38.3 Å². The molecule has 3 heteroatoms. The van der Waals surface area contributed by atoms with Crippen LogP contribution in [0.3, 0.4) is 0 Å². The number of rotatable bonds is 2. The molecule has 2 aliphatic rings. The monoisotopic (exact) mass is 211 g/mol. The summed E-state index contributed by atoms with van der Waals surface area (Å²) in [5.74, 6) is 0. The zero-order valence-electron chi connectivity index (χ0n) is 9.99. The Bertz CT molecular complexity index is 187. The van der Waals surface area contributed by atoms with E-state index in [1.165, 1.54) is 58.4 Å². The maximum atomic E-state index is 6.05. The average Bonchev–Trinajstić information content (AvgIpc) is 2.29. The fraction of sp³-hybridized carbons (Fsp3) is 1.00. The molecule has 1 saturated carbocycles. The highest BCUT2D eigenvalue weighted by Gasteiger charge is 2.27. The lowest BCUT2D eigenvalue weighted by molar-refractivity contribution is 0.0778. The van der Waals surface area contributed by atoms with E-state index in [-0.39, 0.29) is 0 Å². The van der Waals surface area contributed by atoms with Gasteiger partial charge in [-0.1, -0.05) is 13.3 Å². The van der Waals surface area contributed by atoms with E-state index in [0.29, 0.717) is 6.04 Å². The number of piperazine rings is 1. The first-order chi connectivity index (χ1) is 7.29. The number of hydrogen-bond donors (Lipinski definition) is 1. The molecule has 2 rings (SSSR count). The van der Waals surface area contributed by atoms with Crippen LogP contribution in [0.2, 0.25) is 0 Å². The van der Waals surface area contributed by atoms with E-state index < -0.39 is 0 Å². The molecule has 0 bridgehead atoms. The fourth-order valence-corrected chi connectivity index (χ4v) is 2.98. The van der Waals surface area contributed by atoms with E-state index >= 15 is 0 Å². The standard InChI is InChI=1S/C12H25N3/c1-2-14-6-8-15(9-7-14)12-5-3-4-11(13)10-12/h11-12H,2-10,13H2,1H3/t11-,12?/m0/s1. The molecule has 2 fully saturated rings. The summed E-state index contributed by atoms with van der Waals surface area (Å²) in [5.41, 5.74) is 6.05. The van der Waals surface area contributed by atoms with Crippen LogP contribution < -0.4 is 5.73 Å². The Morgan fingerprint density at radius 1 is 1.13 bits per heavy atom. The van der Waals surface area contributed by atoms with Gasteiger partial charge in [0.1, 0.15) is 0 Å². The van der Waals surface area contributed by atoms with Crippen molar-refractivity contribution in [2.75, 3.05) is 32.7 Å². The van der Waals surface area contributed by atoms with E-state index in [9.17, 15) is 0 Å². The first-order valence-electron chi connectivity index (χ1n) is 6.51. The second-order valence-electron chi connectivity index (χ2n) is 5.05. The van der Waals surface area contributed by atoms with Crippen LogP contribution >= 0.6 is 0 Å². The number of hydrogen-bond acceptors (Lipinski definition) is 3. The topological polar surface area (TPSA) is 32.5 Å². The molecule has 0 aromatic carbocycles. The van der Waals surface area contributed by atoms with Crippen LogP contribution in [0, 0.1) is 0 Å². The Morgan fingerprint density at radius 2 is 1.87 bits per heavy atom. The molecule has 15 heavy (non-hydrogen) atoms. The molecule has 1 aliphatic heterocycles. The van der Waals surface area contributed by atoms with Gasteiger partial charge in [0.2, 0.25) is 0 Å². The van der Waals surface area contributed by atoms with Gasteiger partial charge in [0.05, 0.1) is 0 Å². The van der Waals surface area contributed by atoms with Crippen molar-refractivity contribution in [2.45, 2.75) is 44.7 Å². The highest BCUT2D eigenvalue weighted by molar-refractivity contribution is 4.84. The quantitative estimate of drug-likeness (QED) is 0.736. The molecule has 2 N–H and O–H groups in total. The molecule has 3 nitrogen and oxygen atoms in total. The normalized spacial score (nSPS) is 35.6. The Hall–Kier alpha value is -0.120. The van der Waals surface area contributed by atoms with Gasteiger partial charge in [0.25, 0.3) is 0 Å². The molecule has 1 heterocycles. The molecule has 0 spiro atoms. The summed E-state index contributed by atoms with van der Waals surface area (Å²) in [4.78, 5) is 5.21. The molecule has 0 aromatic rings. The fourth-order valence-electron chi connectivity index (χ4n) is 2.98. The Balaban J connectivity index is 1.79. The maximum Gasteiger partial charge on any atom is 0.0113 e. The largest absolute Gasteiger partial charge is 0.328 e. The molecule has 2 atom stereocenters. The Kier molecular flexibility index (Phi) is 4.00. The summed E-state index contributed by atoms with van der Waals surface area (Å²) in [6, 6.07) is 1.25. The zero-order valence-corrected chi connectivity index (χ0v) is 9.99. The SMILES string of the molecule is CCN1CCN(C2CCC[C@H](N)C2)CC1. The molecular weight excluding hydrogens is 186 g/mol. The summed E-state index contributed by atoms with van der Waals surface area (Å²) in [6.45, 7) is 8.48. The minimum absolute atomic E-state index is 0.466. The van der Waals surface area contributed by atoms with Crippen molar-refractivity contribution in [3.63, 3.8) is 0 Å². The molecule has 1 unspecified atom stereocenters. The van der Waals surface area contributed by atoms with Gasteiger partial charge in [-0.3, -0.25) is 4.90 Å². The van der Waals surface area contributed by atoms with Crippen molar-refractivity contribution in [3.8, 4) is 0 Å². The maximum absolute atomic E-state index is 6.05. The second-order valence-corrected chi connectivity index (χ2v) is 5.05. The van der Waals surface area contributed by atoms with Gasteiger partial charge in [-0.15, -0.1) is 0 Å². The molecule has 1 saturated heterocycles. The zero-order chi connectivity index (χ0) is 10.7. The van der Waals surface area contributed by atoms with Crippen LogP contribution in [0.5, 0.6) is 0 Å². The minimum Gasteiger partial charge on any atom is -0.328 e. The van der Waals surface area contributed by atoms with Gasteiger partial charge >= 0.3 is 0 Å². The van der Waals surface area contributed by atoms with Crippen LogP contribution in [0.25, 0.3) is 0 Å². The van der Waals surface area contributed by atoms with Gasteiger partial charge in [-0.05, 0) is 25.8 Å². The van der Waals surface area contributed by atoms with Gasteiger partial charge in [-0.25, -0.2) is 0 Å². The number of likely N-dealkylation sites (N-methyl/N-ethyl adjacent to an activating group) is 1. The van der Waals surface area contributed by atoms with E-state index in [2.05, 4.69) is 16.7 Å². The summed E-state index contributed by atoms with van der Waals surface area (Å²) in [5, 5.41) is 0. The average molecular weight is 211 g/mol. The molecule has 1 aliphatic carbocycles. The van der Waals surface area contributed by atoms with Crippen LogP contribution in [-0.2, 0) is 0 Å². The molecular formula is C12H25N3. The van der Waals surface area contributed by atoms with Crippen molar-refractivity contribution < 1.29 is 0 Å². The van der Waals surface area contributed by atoms with Crippen molar-refractivity contribution >= 4 is 0 Å². The lowest BCUT2D eigenvalue weighted by Crippen LogP contribution is -2.52. The number of nitrogens with two attached hydrogens (primary N) is 1. The highest BCUT2D eigenvalue weighted by atomic mass is 15.3. The van der Waals surface area contributed by atoms with E-state index in [1.807, 2.05) is 0 Å². The first kappa shape index (κ1) is 11.4. The lowest BCUT2D eigenvalue weighted by atomic mass is 9.90. The molecule has 88 valence electrons. The predicted octanol–water partition coefficient (Wildman–Crippen LogP) is 0.894. The lowest BCUT2D eigenvalue weighted by Gasteiger charge is -2.41. The predicted molar refractivity (Wildman–Crippen MR) is 63.9 cm³/mol. The molecule has 0 aromatic heterocycles. The molecule has 0 radical (unpaired) electrons. The Labute approximate surface area is 93.6 Å². The summed E-state index contributed by atoms with van der Waals surface area (Å²) in [6.07, 6.45) is 5.18. The third-order valence-corrected chi connectivity index (χ3v) is 4.06. The van der Waals surface area contributed by atoms with E-state index in [1.54, 1.807) is 0 Å². The van der Waals surface area contributed by atoms with Crippen LogP contribution in [-0.4, -0.2) is 54.6 Å². The minimum atomic E-state index is 0.466. The summed E-state index contributed by atoms with van der Waals surface area (Å²) < 4.78 is 0. The van der Waals surface area contributed by atoms with Crippen LogP contribution in [0.1, 0.15) is 32.6 Å². The number of nitrogens with zero attached hydrogens (tertiary/aromatic N) is 2. The van der Waals surface area contributed by atoms with Gasteiger partial charge in [-0.2, -0.15) is 0 Å². The third-order valence-electron chi connectivity index (χ3n) is 4.06. The molecule has 0 amide bonds. The second kappa shape index (κ2) is 5.28.